The molecule has 0 unspecified atom stereocenters. The van der Waals surface area contributed by atoms with E-state index in [9.17, 15) is 19.7 Å². The highest BCUT2D eigenvalue weighted by Gasteiger charge is 2.19. The normalized spacial score (nSPS) is 14.2. The zero-order valence-corrected chi connectivity index (χ0v) is 17.9. The maximum absolute atomic E-state index is 12.6. The third-order valence-electron chi connectivity index (χ3n) is 5.31. The third kappa shape index (κ3) is 5.18. The maximum atomic E-state index is 12.6. The Kier molecular flexibility index (Phi) is 7.10. The van der Waals surface area contributed by atoms with E-state index in [2.05, 4.69) is 10.6 Å². The van der Waals surface area contributed by atoms with Crippen molar-refractivity contribution in [2.75, 3.05) is 11.6 Å². The second-order valence-electron chi connectivity index (χ2n) is 7.44. The molecule has 0 radical (unpaired) electrons. The Labute approximate surface area is 179 Å². The first-order valence-electron chi connectivity index (χ1n) is 9.94. The second kappa shape index (κ2) is 9.75. The molecule has 2 amide bonds. The number of benzene rings is 2. The number of nitrogens with zero attached hydrogens (tertiary/aromatic N) is 1. The molecule has 1 aliphatic carbocycles. The predicted molar refractivity (Wildman–Crippen MR) is 118 cm³/mol. The number of carbonyl (C=O) groups excluding carboxylic acids is 2. The molecule has 0 bridgehead atoms. The number of hydrogen-bond donors (Lipinski definition) is 2. The Morgan fingerprint density at radius 3 is 2.33 bits per heavy atom. The van der Waals surface area contributed by atoms with Gasteiger partial charge in [0.15, 0.2) is 0 Å². The molecule has 1 fully saturated rings. The molecular weight excluding hydrogens is 402 g/mol. The number of amides is 2. The van der Waals surface area contributed by atoms with Crippen LogP contribution in [0, 0.1) is 17.0 Å². The summed E-state index contributed by atoms with van der Waals surface area (Å²) in [5, 5.41) is 17.1. The fourth-order valence-electron chi connectivity index (χ4n) is 3.63. The lowest BCUT2D eigenvalue weighted by Gasteiger charge is -2.23. The third-order valence-corrected chi connectivity index (χ3v) is 6.10. The maximum Gasteiger partial charge on any atom is 0.283 e. The fraction of sp³-hybridized carbons (Fsp3) is 0.364. The van der Waals surface area contributed by atoms with E-state index in [4.69, 9.17) is 0 Å². The molecular formula is C22H25N3O4S. The average Bonchev–Trinajstić information content (AvgIpc) is 2.75. The Morgan fingerprint density at radius 2 is 1.70 bits per heavy atom. The number of rotatable bonds is 6. The molecule has 0 aliphatic heterocycles. The first-order chi connectivity index (χ1) is 14.4. The lowest BCUT2D eigenvalue weighted by atomic mass is 9.95. The van der Waals surface area contributed by atoms with Crippen molar-refractivity contribution < 1.29 is 14.5 Å². The summed E-state index contributed by atoms with van der Waals surface area (Å²) in [7, 11) is 0. The van der Waals surface area contributed by atoms with Crippen molar-refractivity contribution in [3.8, 4) is 0 Å². The molecule has 2 aromatic rings. The molecule has 7 nitrogen and oxygen atoms in total. The Hall–Kier alpha value is -2.87. The first kappa shape index (κ1) is 21.8. The summed E-state index contributed by atoms with van der Waals surface area (Å²) in [6.07, 6.45) is 7.29. The van der Waals surface area contributed by atoms with Crippen LogP contribution in [0.25, 0.3) is 0 Å². The van der Waals surface area contributed by atoms with Crippen LogP contribution in [0.3, 0.4) is 0 Å². The van der Waals surface area contributed by atoms with Gasteiger partial charge in [0.25, 0.3) is 17.5 Å². The summed E-state index contributed by atoms with van der Waals surface area (Å²) in [4.78, 5) is 36.4. The van der Waals surface area contributed by atoms with Crippen LogP contribution in [-0.4, -0.2) is 29.0 Å². The van der Waals surface area contributed by atoms with Gasteiger partial charge in [-0.3, -0.25) is 19.7 Å². The molecule has 8 heteroatoms. The quantitative estimate of drug-likeness (QED) is 0.386. The Morgan fingerprint density at radius 1 is 1.03 bits per heavy atom. The van der Waals surface area contributed by atoms with Crippen LogP contribution in [0.15, 0.2) is 41.3 Å². The molecule has 3 rings (SSSR count). The molecule has 0 aromatic heterocycles. The number of aryl methyl sites for hydroxylation is 1. The van der Waals surface area contributed by atoms with Crippen LogP contribution in [0.1, 0.15) is 58.4 Å². The second-order valence-corrected chi connectivity index (χ2v) is 8.28. The number of nitro groups is 1. The van der Waals surface area contributed by atoms with Crippen molar-refractivity contribution in [1.82, 2.24) is 5.32 Å². The van der Waals surface area contributed by atoms with E-state index < -0.39 is 10.8 Å². The molecule has 0 heterocycles. The first-order valence-corrected chi connectivity index (χ1v) is 11.2. The monoisotopic (exact) mass is 427 g/mol. The van der Waals surface area contributed by atoms with Crippen molar-refractivity contribution >= 4 is 35.0 Å². The van der Waals surface area contributed by atoms with Crippen LogP contribution in [0.2, 0.25) is 0 Å². The van der Waals surface area contributed by atoms with Gasteiger partial charge in [-0.2, -0.15) is 0 Å². The van der Waals surface area contributed by atoms with Crippen molar-refractivity contribution in [3.63, 3.8) is 0 Å². The van der Waals surface area contributed by atoms with Crippen LogP contribution >= 0.6 is 11.8 Å². The molecule has 1 aliphatic rings. The van der Waals surface area contributed by atoms with E-state index in [1.54, 1.807) is 36.6 Å². The van der Waals surface area contributed by atoms with Gasteiger partial charge in [-0.05, 0) is 61.9 Å². The van der Waals surface area contributed by atoms with E-state index in [1.807, 2.05) is 6.92 Å². The van der Waals surface area contributed by atoms with E-state index in [-0.39, 0.29) is 23.2 Å². The SMILES string of the molecule is CSc1ccc(C(=O)Nc2ccc(C(=O)NC3CCCCC3)cc2C)cc1[N+](=O)[O-]. The summed E-state index contributed by atoms with van der Waals surface area (Å²) < 4.78 is 0. The van der Waals surface area contributed by atoms with Gasteiger partial charge in [-0.1, -0.05) is 19.3 Å². The fourth-order valence-corrected chi connectivity index (χ4v) is 4.18. The number of thioether (sulfide) groups is 1. The van der Waals surface area contributed by atoms with Crippen molar-refractivity contribution in [3.05, 3.63) is 63.2 Å². The summed E-state index contributed by atoms with van der Waals surface area (Å²) in [6.45, 7) is 1.81. The Balaban J connectivity index is 1.71. The lowest BCUT2D eigenvalue weighted by Crippen LogP contribution is -2.36. The minimum absolute atomic E-state index is 0.0957. The van der Waals surface area contributed by atoms with E-state index in [1.165, 1.54) is 24.2 Å². The zero-order chi connectivity index (χ0) is 21.7. The van der Waals surface area contributed by atoms with Crippen LogP contribution in [0.4, 0.5) is 11.4 Å². The van der Waals surface area contributed by atoms with E-state index in [0.29, 0.717) is 16.1 Å². The van der Waals surface area contributed by atoms with Gasteiger partial charge in [0.1, 0.15) is 0 Å². The summed E-state index contributed by atoms with van der Waals surface area (Å²) in [6, 6.07) is 9.76. The van der Waals surface area contributed by atoms with Crippen LogP contribution < -0.4 is 10.6 Å². The topological polar surface area (TPSA) is 101 Å². The molecule has 1 saturated carbocycles. The van der Waals surface area contributed by atoms with Crippen molar-refractivity contribution in [2.24, 2.45) is 0 Å². The molecule has 0 saturated heterocycles. The molecule has 2 aromatic carbocycles. The highest BCUT2D eigenvalue weighted by Crippen LogP contribution is 2.29. The van der Waals surface area contributed by atoms with Gasteiger partial charge >= 0.3 is 0 Å². The summed E-state index contributed by atoms with van der Waals surface area (Å²) >= 11 is 1.26. The molecule has 2 N–H and O–H groups in total. The molecule has 30 heavy (non-hydrogen) atoms. The van der Waals surface area contributed by atoms with Crippen LogP contribution in [-0.2, 0) is 0 Å². The number of carbonyl (C=O) groups is 2. The van der Waals surface area contributed by atoms with Gasteiger partial charge in [0.05, 0.1) is 9.82 Å². The highest BCUT2D eigenvalue weighted by atomic mass is 32.2. The van der Waals surface area contributed by atoms with E-state index >= 15 is 0 Å². The minimum Gasteiger partial charge on any atom is -0.349 e. The molecule has 0 spiro atoms. The number of nitrogens with one attached hydrogen (secondary N) is 2. The lowest BCUT2D eigenvalue weighted by molar-refractivity contribution is -0.387. The van der Waals surface area contributed by atoms with Crippen molar-refractivity contribution in [1.29, 1.82) is 0 Å². The summed E-state index contributed by atoms with van der Waals surface area (Å²) in [5.41, 5.74) is 1.97. The predicted octanol–water partition coefficient (Wildman–Crippen LogP) is 4.94. The number of nitro benzene ring substituents is 1. The van der Waals surface area contributed by atoms with Gasteiger partial charge in [-0.25, -0.2) is 0 Å². The summed E-state index contributed by atoms with van der Waals surface area (Å²) in [5.74, 6) is -0.542. The van der Waals surface area contributed by atoms with Gasteiger partial charge in [0, 0.05) is 28.9 Å². The van der Waals surface area contributed by atoms with E-state index in [0.717, 1.165) is 31.2 Å². The standard InChI is InChI=1S/C22H25N3O4S/c1-14-12-15(21(26)23-17-6-4-3-5-7-17)8-10-18(14)24-22(27)16-9-11-20(30-2)19(13-16)25(28)29/h8-13,17H,3-7H2,1-2H3,(H,23,26)(H,24,27). The van der Waals surface area contributed by atoms with Crippen molar-refractivity contribution in [2.45, 2.75) is 50.0 Å². The Bertz CT molecular complexity index is 971. The van der Waals surface area contributed by atoms with Crippen LogP contribution in [0.5, 0.6) is 0 Å². The molecule has 158 valence electrons. The highest BCUT2D eigenvalue weighted by molar-refractivity contribution is 7.98. The zero-order valence-electron chi connectivity index (χ0n) is 17.1. The van der Waals surface area contributed by atoms with Gasteiger partial charge < -0.3 is 10.6 Å². The van der Waals surface area contributed by atoms with Gasteiger partial charge in [0.2, 0.25) is 0 Å². The van der Waals surface area contributed by atoms with Gasteiger partial charge in [-0.15, -0.1) is 11.8 Å². The number of anilines is 1. The minimum atomic E-state index is -0.492. The molecule has 0 atom stereocenters. The largest absolute Gasteiger partial charge is 0.349 e. The number of hydrogen-bond acceptors (Lipinski definition) is 5. The average molecular weight is 428 g/mol. The smallest absolute Gasteiger partial charge is 0.283 e.